The van der Waals surface area contributed by atoms with Crippen LogP contribution in [0.3, 0.4) is 0 Å². The molecule has 2 nitrogen and oxygen atoms in total. The first kappa shape index (κ1) is 10.7. The summed E-state index contributed by atoms with van der Waals surface area (Å²) in [6.45, 7) is 5.03. The average molecular weight is 205 g/mol. The molecule has 0 bridgehead atoms. The normalized spacial score (nSPS) is 21.5. The van der Waals surface area contributed by atoms with E-state index in [9.17, 15) is 0 Å². The van der Waals surface area contributed by atoms with Crippen LogP contribution in [0.2, 0.25) is 0 Å². The molecule has 0 spiro atoms. The van der Waals surface area contributed by atoms with Crippen LogP contribution in [-0.4, -0.2) is 19.2 Å². The van der Waals surface area contributed by atoms with Gasteiger partial charge in [0.1, 0.15) is 0 Å². The lowest BCUT2D eigenvalue weighted by molar-refractivity contribution is 0.0250. The third-order valence-corrected chi connectivity index (χ3v) is 2.99. The molecule has 1 aliphatic rings. The monoisotopic (exact) mass is 205 g/mol. The quantitative estimate of drug-likeness (QED) is 0.817. The minimum atomic E-state index is 0.401. The molecule has 1 heterocycles. The summed E-state index contributed by atoms with van der Waals surface area (Å²) in [5, 5.41) is 3.36. The molecule has 1 saturated heterocycles. The number of aryl methyl sites for hydroxylation is 1. The Bertz CT molecular complexity index is 305. The number of hydrogen-bond acceptors (Lipinski definition) is 2. The lowest BCUT2D eigenvalue weighted by Crippen LogP contribution is -2.35. The molecule has 1 N–H and O–H groups in total. The SMILES string of the molecule is Cc1ccccc1COC1CCCNC1. The zero-order valence-corrected chi connectivity index (χ0v) is 9.33. The van der Waals surface area contributed by atoms with Gasteiger partial charge in [0.05, 0.1) is 12.7 Å². The smallest absolute Gasteiger partial charge is 0.0723 e. The second-order valence-electron chi connectivity index (χ2n) is 4.21. The van der Waals surface area contributed by atoms with Gasteiger partial charge in [0.25, 0.3) is 0 Å². The van der Waals surface area contributed by atoms with Gasteiger partial charge >= 0.3 is 0 Å². The fraction of sp³-hybridized carbons (Fsp3) is 0.538. The second-order valence-corrected chi connectivity index (χ2v) is 4.21. The lowest BCUT2D eigenvalue weighted by Gasteiger charge is -2.23. The van der Waals surface area contributed by atoms with E-state index in [4.69, 9.17) is 4.74 Å². The van der Waals surface area contributed by atoms with E-state index in [1.54, 1.807) is 0 Å². The Hall–Kier alpha value is -0.860. The van der Waals surface area contributed by atoms with E-state index in [2.05, 4.69) is 36.5 Å². The number of ether oxygens (including phenoxy) is 1. The van der Waals surface area contributed by atoms with E-state index in [0.29, 0.717) is 6.10 Å². The maximum atomic E-state index is 5.89. The molecule has 0 aromatic heterocycles. The molecule has 15 heavy (non-hydrogen) atoms. The van der Waals surface area contributed by atoms with Gasteiger partial charge in [0, 0.05) is 6.54 Å². The van der Waals surface area contributed by atoms with Crippen molar-refractivity contribution in [3.8, 4) is 0 Å². The van der Waals surface area contributed by atoms with Crippen molar-refractivity contribution in [1.29, 1.82) is 0 Å². The highest BCUT2D eigenvalue weighted by atomic mass is 16.5. The van der Waals surface area contributed by atoms with Gasteiger partial charge in [-0.25, -0.2) is 0 Å². The Balaban J connectivity index is 1.84. The van der Waals surface area contributed by atoms with Crippen LogP contribution < -0.4 is 5.32 Å². The van der Waals surface area contributed by atoms with E-state index < -0.39 is 0 Å². The number of benzene rings is 1. The van der Waals surface area contributed by atoms with Crippen molar-refractivity contribution in [3.63, 3.8) is 0 Å². The van der Waals surface area contributed by atoms with Gasteiger partial charge < -0.3 is 10.1 Å². The predicted molar refractivity (Wildman–Crippen MR) is 61.9 cm³/mol. The third-order valence-electron chi connectivity index (χ3n) is 2.99. The number of piperidine rings is 1. The van der Waals surface area contributed by atoms with Gasteiger partial charge in [0.15, 0.2) is 0 Å². The highest BCUT2D eigenvalue weighted by Gasteiger charge is 2.13. The Labute approximate surface area is 91.6 Å². The number of hydrogen-bond donors (Lipinski definition) is 1. The second kappa shape index (κ2) is 5.29. The van der Waals surface area contributed by atoms with Crippen LogP contribution in [0.5, 0.6) is 0 Å². The van der Waals surface area contributed by atoms with Gasteiger partial charge in [-0.2, -0.15) is 0 Å². The summed E-state index contributed by atoms with van der Waals surface area (Å²) in [6, 6.07) is 8.43. The van der Waals surface area contributed by atoms with Gasteiger partial charge in [-0.1, -0.05) is 24.3 Å². The zero-order chi connectivity index (χ0) is 10.5. The maximum absolute atomic E-state index is 5.89. The first-order valence-electron chi connectivity index (χ1n) is 5.73. The Morgan fingerprint density at radius 2 is 2.27 bits per heavy atom. The van der Waals surface area contributed by atoms with Crippen molar-refractivity contribution < 1.29 is 4.74 Å². The van der Waals surface area contributed by atoms with Crippen molar-refractivity contribution in [1.82, 2.24) is 5.32 Å². The number of rotatable bonds is 3. The summed E-state index contributed by atoms with van der Waals surface area (Å²) in [4.78, 5) is 0. The molecule has 1 aromatic rings. The molecule has 1 fully saturated rings. The van der Waals surface area contributed by atoms with Crippen molar-refractivity contribution in [3.05, 3.63) is 35.4 Å². The molecule has 1 unspecified atom stereocenters. The predicted octanol–water partition coefficient (Wildman–Crippen LogP) is 2.26. The van der Waals surface area contributed by atoms with Crippen molar-refractivity contribution >= 4 is 0 Å². The van der Waals surface area contributed by atoms with Crippen LogP contribution in [0.15, 0.2) is 24.3 Å². The maximum Gasteiger partial charge on any atom is 0.0723 e. The molecular weight excluding hydrogens is 186 g/mol. The molecule has 1 atom stereocenters. The summed E-state index contributed by atoms with van der Waals surface area (Å²) < 4.78 is 5.89. The van der Waals surface area contributed by atoms with Gasteiger partial charge in [-0.15, -0.1) is 0 Å². The Morgan fingerprint density at radius 3 is 3.00 bits per heavy atom. The van der Waals surface area contributed by atoms with Crippen LogP contribution in [0, 0.1) is 6.92 Å². The molecule has 2 heteroatoms. The number of nitrogens with one attached hydrogen (secondary N) is 1. The molecule has 2 rings (SSSR count). The van der Waals surface area contributed by atoms with Crippen LogP contribution >= 0.6 is 0 Å². The van der Waals surface area contributed by atoms with Crippen molar-refractivity contribution in [2.24, 2.45) is 0 Å². The summed E-state index contributed by atoms with van der Waals surface area (Å²) in [5.41, 5.74) is 2.63. The summed E-state index contributed by atoms with van der Waals surface area (Å²) >= 11 is 0. The fourth-order valence-corrected chi connectivity index (χ4v) is 1.94. The Kier molecular flexibility index (Phi) is 3.75. The molecule has 0 saturated carbocycles. The van der Waals surface area contributed by atoms with Gasteiger partial charge in [-0.3, -0.25) is 0 Å². The molecule has 0 amide bonds. The minimum absolute atomic E-state index is 0.401. The van der Waals surface area contributed by atoms with Gasteiger partial charge in [0.2, 0.25) is 0 Å². The topological polar surface area (TPSA) is 21.3 Å². The van der Waals surface area contributed by atoms with Crippen molar-refractivity contribution in [2.45, 2.75) is 32.5 Å². The largest absolute Gasteiger partial charge is 0.372 e. The van der Waals surface area contributed by atoms with E-state index in [-0.39, 0.29) is 0 Å². The van der Waals surface area contributed by atoms with E-state index in [1.165, 1.54) is 24.0 Å². The average Bonchev–Trinajstić information content (AvgIpc) is 2.29. The third kappa shape index (κ3) is 3.05. The van der Waals surface area contributed by atoms with Crippen LogP contribution in [-0.2, 0) is 11.3 Å². The highest BCUT2D eigenvalue weighted by molar-refractivity contribution is 5.24. The van der Waals surface area contributed by atoms with E-state index in [0.717, 1.165) is 19.7 Å². The summed E-state index contributed by atoms with van der Waals surface area (Å²) in [6.07, 6.45) is 2.83. The fourth-order valence-electron chi connectivity index (χ4n) is 1.94. The molecule has 82 valence electrons. The first-order valence-corrected chi connectivity index (χ1v) is 5.73. The first-order chi connectivity index (χ1) is 7.36. The summed E-state index contributed by atoms with van der Waals surface area (Å²) in [5.74, 6) is 0. The Morgan fingerprint density at radius 1 is 1.40 bits per heavy atom. The van der Waals surface area contributed by atoms with Gasteiger partial charge in [-0.05, 0) is 37.4 Å². The standard InChI is InChI=1S/C13H19NO/c1-11-5-2-3-6-12(11)10-15-13-7-4-8-14-9-13/h2-3,5-6,13-14H,4,7-10H2,1H3. The van der Waals surface area contributed by atoms with Crippen LogP contribution in [0.25, 0.3) is 0 Å². The molecule has 1 aliphatic heterocycles. The van der Waals surface area contributed by atoms with Crippen LogP contribution in [0.4, 0.5) is 0 Å². The lowest BCUT2D eigenvalue weighted by atomic mass is 10.1. The highest BCUT2D eigenvalue weighted by Crippen LogP contribution is 2.12. The molecule has 1 aromatic carbocycles. The van der Waals surface area contributed by atoms with Crippen molar-refractivity contribution in [2.75, 3.05) is 13.1 Å². The molecular formula is C13H19NO. The minimum Gasteiger partial charge on any atom is -0.372 e. The molecule has 0 radical (unpaired) electrons. The molecule has 0 aliphatic carbocycles. The van der Waals surface area contributed by atoms with E-state index >= 15 is 0 Å². The van der Waals surface area contributed by atoms with E-state index in [1.807, 2.05) is 0 Å². The van der Waals surface area contributed by atoms with Crippen LogP contribution in [0.1, 0.15) is 24.0 Å². The summed E-state index contributed by atoms with van der Waals surface area (Å²) in [7, 11) is 0. The zero-order valence-electron chi connectivity index (χ0n) is 9.33.